The van der Waals surface area contributed by atoms with Crippen LogP contribution in [0.5, 0.6) is 0 Å². The smallest absolute Gasteiger partial charge is 0.136 e. The second-order valence-corrected chi connectivity index (χ2v) is 32.4. The Bertz CT molecular complexity index is 6680. The number of benzene rings is 16. The maximum absolute atomic E-state index is 7.05. The highest BCUT2D eigenvalue weighted by Crippen LogP contribution is 2.60. The van der Waals surface area contributed by atoms with Crippen LogP contribution in [-0.2, 0) is 10.8 Å². The first kappa shape index (κ1) is 59.3. The lowest BCUT2D eigenvalue weighted by molar-refractivity contribution is 0.670. The number of hydrogen-bond donors (Lipinski definition) is 0. The van der Waals surface area contributed by atoms with Gasteiger partial charge in [0.2, 0.25) is 0 Å². The standard InChI is InChI=1S/C98H58N2OS4/c1-5-21-59(22-6-1)97(60-23-7-2-8-24-60)83-33-17-13-29-69(83)71-43-37-63(49-85(71)97)99(65-39-45-75-73-31-15-19-35-89(73)102-91(75)51-65)67-41-47-77-81-55-87-79(57-95(81)104-93(77)53-67)80-58-96-82(56-88(80)101-87)78-48-42-68(54-94(78)105-96)100(66-40-46-76-74-32-16-20-36-90(74)103-92(76)52-66)64-38-44-72-70-30-14-18-34-84(70)98(86(72)50-64,61-25-9-3-10-26-61)62-27-11-4-12-28-62/h1-58H. The van der Waals surface area contributed by atoms with Gasteiger partial charge in [-0.25, -0.2) is 0 Å². The largest absolute Gasteiger partial charge is 0.456 e. The maximum atomic E-state index is 7.05. The summed E-state index contributed by atoms with van der Waals surface area (Å²) in [5.74, 6) is 0. The van der Waals surface area contributed by atoms with E-state index in [0.29, 0.717) is 0 Å². The first-order chi connectivity index (χ1) is 52.0. The predicted octanol–water partition coefficient (Wildman–Crippen LogP) is 28.7. The van der Waals surface area contributed by atoms with E-state index in [1.54, 1.807) is 0 Å². The van der Waals surface area contributed by atoms with Crippen molar-refractivity contribution in [2.45, 2.75) is 10.8 Å². The average Bonchev–Trinajstić information content (AvgIpc) is 1.56. The molecule has 21 aromatic rings. The van der Waals surface area contributed by atoms with Crippen molar-refractivity contribution in [3.05, 3.63) is 396 Å². The van der Waals surface area contributed by atoms with E-state index < -0.39 is 10.8 Å². The number of nitrogens with zero attached hydrogens (tertiary/aromatic N) is 2. The third-order valence-electron chi connectivity index (χ3n) is 22.8. The summed E-state index contributed by atoms with van der Waals surface area (Å²) in [6, 6.07) is 132. The Balaban J connectivity index is 0.658. The molecule has 0 saturated heterocycles. The Morgan fingerprint density at radius 1 is 0.190 bits per heavy atom. The average molecular weight is 1410 g/mol. The van der Waals surface area contributed by atoms with Gasteiger partial charge in [0.1, 0.15) is 11.2 Å². The number of rotatable bonds is 10. The summed E-state index contributed by atoms with van der Waals surface area (Å²) in [5.41, 5.74) is 22.6. The zero-order valence-corrected chi connectivity index (χ0v) is 59.7. The lowest BCUT2D eigenvalue weighted by Crippen LogP contribution is -2.28. The highest BCUT2D eigenvalue weighted by molar-refractivity contribution is 7.27. The van der Waals surface area contributed by atoms with E-state index in [4.69, 9.17) is 4.42 Å². The minimum absolute atomic E-state index is 0.548. The Labute approximate surface area is 620 Å². The van der Waals surface area contributed by atoms with Gasteiger partial charge in [-0.1, -0.05) is 243 Å². The molecule has 7 heteroatoms. The van der Waals surface area contributed by atoms with Gasteiger partial charge in [-0.3, -0.25) is 0 Å². The van der Waals surface area contributed by atoms with Gasteiger partial charge < -0.3 is 14.2 Å². The monoisotopic (exact) mass is 1410 g/mol. The van der Waals surface area contributed by atoms with Gasteiger partial charge in [0, 0.05) is 126 Å². The molecule has 0 radical (unpaired) electrons. The summed E-state index contributed by atoms with van der Waals surface area (Å²) in [7, 11) is 0. The van der Waals surface area contributed by atoms with E-state index in [9.17, 15) is 0 Å². The molecule has 0 saturated carbocycles. The van der Waals surface area contributed by atoms with E-state index in [-0.39, 0.29) is 0 Å². The molecule has 0 amide bonds. The summed E-state index contributed by atoms with van der Waals surface area (Å²) in [4.78, 5) is 4.99. The summed E-state index contributed by atoms with van der Waals surface area (Å²) in [6.07, 6.45) is 0. The Morgan fingerprint density at radius 3 is 0.848 bits per heavy atom. The first-order valence-corrected chi connectivity index (χ1v) is 39.1. The molecule has 2 aliphatic carbocycles. The molecule has 5 aromatic heterocycles. The third-order valence-corrected chi connectivity index (χ3v) is 27.3. The van der Waals surface area contributed by atoms with E-state index >= 15 is 0 Å². The Kier molecular flexibility index (Phi) is 12.8. The second-order valence-electron chi connectivity index (χ2n) is 28.1. The van der Waals surface area contributed by atoms with Crippen LogP contribution in [0.3, 0.4) is 0 Å². The van der Waals surface area contributed by atoms with Crippen LogP contribution in [0.1, 0.15) is 44.5 Å². The Hall–Kier alpha value is -12.2. The fourth-order valence-corrected chi connectivity index (χ4v) is 22.9. The third kappa shape index (κ3) is 8.58. The van der Waals surface area contributed by atoms with Gasteiger partial charge in [-0.2, -0.15) is 0 Å². The summed E-state index contributed by atoms with van der Waals surface area (Å²) in [6.45, 7) is 0. The van der Waals surface area contributed by atoms with Crippen LogP contribution in [0, 0.1) is 0 Å². The predicted molar refractivity (Wildman–Crippen MR) is 449 cm³/mol. The molecule has 0 unspecified atom stereocenters. The molecule has 0 aliphatic heterocycles. The van der Waals surface area contributed by atoms with Gasteiger partial charge in [0.25, 0.3) is 0 Å². The zero-order valence-electron chi connectivity index (χ0n) is 56.4. The van der Waals surface area contributed by atoms with Crippen molar-refractivity contribution in [2.75, 3.05) is 9.80 Å². The molecule has 2 aliphatic rings. The molecule has 105 heavy (non-hydrogen) atoms. The van der Waals surface area contributed by atoms with Crippen molar-refractivity contribution >= 4 is 182 Å². The molecular formula is C98H58N2OS4. The second kappa shape index (κ2) is 22.6. The number of furan rings is 1. The molecule has 0 atom stereocenters. The van der Waals surface area contributed by atoms with E-state index in [1.165, 1.54) is 147 Å². The van der Waals surface area contributed by atoms with Crippen molar-refractivity contribution in [3.8, 4) is 22.3 Å². The fraction of sp³-hybridized carbons (Fsp3) is 0.0204. The van der Waals surface area contributed by atoms with Crippen molar-refractivity contribution < 1.29 is 4.42 Å². The normalized spacial score (nSPS) is 13.5. The number of fused-ring (bicyclic) bond motifs is 21. The number of thiophene rings is 4. The van der Waals surface area contributed by atoms with Gasteiger partial charge in [0.15, 0.2) is 0 Å². The SMILES string of the molecule is c1ccc(C2(c3ccccc3)c3ccccc3-c3ccc(N(c4ccc5c(c4)sc4ccccc45)c4ccc5c(c4)sc4cc6c(cc45)oc4cc5c(cc46)sc4cc(N(c6ccc7c(c6)C(c6ccccc6)(c6ccccc6)c6ccccc6-7)c6ccc7c(c6)sc6ccccc67)ccc45)cc32)cc1. The van der Waals surface area contributed by atoms with Crippen LogP contribution in [-0.4, -0.2) is 0 Å². The fourth-order valence-electron chi connectivity index (χ4n) is 18.3. The van der Waals surface area contributed by atoms with E-state index in [0.717, 1.165) is 56.1 Å². The highest BCUT2D eigenvalue weighted by Gasteiger charge is 2.48. The van der Waals surface area contributed by atoms with Gasteiger partial charge >= 0.3 is 0 Å². The highest BCUT2D eigenvalue weighted by atomic mass is 32.1. The van der Waals surface area contributed by atoms with Crippen LogP contribution in [0.4, 0.5) is 34.1 Å². The summed E-state index contributed by atoms with van der Waals surface area (Å²) >= 11 is 7.46. The maximum Gasteiger partial charge on any atom is 0.136 e. The zero-order chi connectivity index (χ0) is 68.6. The van der Waals surface area contributed by atoms with Crippen LogP contribution >= 0.6 is 45.3 Å². The Morgan fingerprint density at radius 2 is 0.467 bits per heavy atom. The molecule has 0 bridgehead atoms. The summed E-state index contributed by atoms with van der Waals surface area (Å²) in [5, 5.41) is 12.2. The minimum atomic E-state index is -0.548. The van der Waals surface area contributed by atoms with Gasteiger partial charge in [-0.05, 0) is 176 Å². The number of anilines is 6. The molecule has 23 rings (SSSR count). The molecule has 3 nitrogen and oxygen atoms in total. The molecule has 490 valence electrons. The van der Waals surface area contributed by atoms with Crippen molar-refractivity contribution in [1.82, 2.24) is 0 Å². The topological polar surface area (TPSA) is 19.6 Å². The van der Waals surface area contributed by atoms with E-state index in [2.05, 4.69) is 362 Å². The molecule has 0 spiro atoms. The first-order valence-electron chi connectivity index (χ1n) is 35.8. The van der Waals surface area contributed by atoms with Crippen LogP contribution in [0.2, 0.25) is 0 Å². The minimum Gasteiger partial charge on any atom is -0.456 e. The van der Waals surface area contributed by atoms with E-state index in [1.807, 2.05) is 45.3 Å². The van der Waals surface area contributed by atoms with Crippen LogP contribution in [0.15, 0.2) is 356 Å². The molecule has 5 heterocycles. The quantitative estimate of drug-likeness (QED) is 0.136. The summed E-state index contributed by atoms with van der Waals surface area (Å²) < 4.78 is 17.1. The van der Waals surface area contributed by atoms with Gasteiger partial charge in [-0.15, -0.1) is 45.3 Å². The van der Waals surface area contributed by atoms with Crippen molar-refractivity contribution in [2.24, 2.45) is 0 Å². The van der Waals surface area contributed by atoms with Crippen molar-refractivity contribution in [3.63, 3.8) is 0 Å². The molecule has 0 fully saturated rings. The van der Waals surface area contributed by atoms with Crippen LogP contribution < -0.4 is 9.80 Å². The van der Waals surface area contributed by atoms with Crippen molar-refractivity contribution in [1.29, 1.82) is 0 Å². The van der Waals surface area contributed by atoms with Gasteiger partial charge in [0.05, 0.1) is 10.8 Å². The molecule has 16 aromatic carbocycles. The van der Waals surface area contributed by atoms with Crippen LogP contribution in [0.25, 0.3) is 125 Å². The lowest BCUT2D eigenvalue weighted by Gasteiger charge is -2.35. The lowest BCUT2D eigenvalue weighted by atomic mass is 9.67. The number of hydrogen-bond acceptors (Lipinski definition) is 7. The molecular weight excluding hydrogens is 1350 g/mol. The molecule has 0 N–H and O–H groups in total.